The van der Waals surface area contributed by atoms with Gasteiger partial charge in [-0.25, -0.2) is 4.98 Å². The molecule has 8 heteroatoms. The third kappa shape index (κ3) is 5.18. The van der Waals surface area contributed by atoms with Crippen molar-refractivity contribution in [3.8, 4) is 0 Å². The summed E-state index contributed by atoms with van der Waals surface area (Å²) in [6.07, 6.45) is 2.44. The van der Waals surface area contributed by atoms with E-state index in [1.165, 1.54) is 11.8 Å². The van der Waals surface area contributed by atoms with Crippen LogP contribution in [0.1, 0.15) is 26.2 Å². The van der Waals surface area contributed by atoms with Crippen LogP contribution in [0.3, 0.4) is 0 Å². The van der Waals surface area contributed by atoms with Crippen molar-refractivity contribution in [2.75, 3.05) is 37.4 Å². The minimum Gasteiger partial charge on any atom is -0.378 e. The van der Waals surface area contributed by atoms with Crippen LogP contribution >= 0.6 is 23.1 Å². The Morgan fingerprint density at radius 2 is 2.15 bits per heavy atom. The minimum absolute atomic E-state index is 0.0430. The first-order chi connectivity index (χ1) is 12.7. The number of nitrogens with one attached hydrogen (secondary N) is 1. The summed E-state index contributed by atoms with van der Waals surface area (Å²) in [5.41, 5.74) is 1.69. The third-order valence-electron chi connectivity index (χ3n) is 4.09. The first-order valence-electron chi connectivity index (χ1n) is 8.84. The second-order valence-electron chi connectivity index (χ2n) is 6.10. The molecule has 2 heterocycles. The highest BCUT2D eigenvalue weighted by Gasteiger charge is 2.17. The maximum Gasteiger partial charge on any atom is 0.233 e. The highest BCUT2D eigenvalue weighted by Crippen LogP contribution is 2.31. The van der Waals surface area contributed by atoms with Gasteiger partial charge >= 0.3 is 0 Å². The first-order valence-corrected chi connectivity index (χ1v) is 10.6. The Hall–Kier alpha value is -1.64. The summed E-state index contributed by atoms with van der Waals surface area (Å²) in [6, 6.07) is 5.74. The van der Waals surface area contributed by atoms with Gasteiger partial charge in [-0.15, -0.1) is 11.3 Å². The van der Waals surface area contributed by atoms with Crippen LogP contribution in [-0.2, 0) is 14.3 Å². The van der Waals surface area contributed by atoms with Crippen molar-refractivity contribution < 1.29 is 14.3 Å². The van der Waals surface area contributed by atoms with Crippen LogP contribution < -0.4 is 5.32 Å². The van der Waals surface area contributed by atoms with Crippen LogP contribution in [0.4, 0.5) is 5.69 Å². The standard InChI is InChI=1S/C18H23N3O3S2/c1-2-3-4-16(22)19-13-5-6-14-15(11-13)26-18(20-14)25-12-17(23)21-7-9-24-10-8-21/h5-6,11H,2-4,7-10,12H2,1H3,(H,19,22). The predicted octanol–water partition coefficient (Wildman–Crippen LogP) is 3.38. The monoisotopic (exact) mass is 393 g/mol. The van der Waals surface area contributed by atoms with Crippen molar-refractivity contribution in [1.82, 2.24) is 9.88 Å². The molecule has 0 saturated carbocycles. The molecule has 1 aliphatic rings. The average Bonchev–Trinajstić information content (AvgIpc) is 3.07. The number of amides is 2. The van der Waals surface area contributed by atoms with Gasteiger partial charge in [0, 0.05) is 25.2 Å². The third-order valence-corrected chi connectivity index (χ3v) is 6.24. The number of hydrogen-bond donors (Lipinski definition) is 1. The summed E-state index contributed by atoms with van der Waals surface area (Å²) in [7, 11) is 0. The molecule has 1 aromatic carbocycles. The molecule has 0 spiro atoms. The van der Waals surface area contributed by atoms with E-state index in [0.29, 0.717) is 38.5 Å². The number of carbonyl (C=O) groups is 2. The quantitative estimate of drug-likeness (QED) is 0.730. The highest BCUT2D eigenvalue weighted by molar-refractivity contribution is 8.01. The molecule has 26 heavy (non-hydrogen) atoms. The summed E-state index contributed by atoms with van der Waals surface area (Å²) in [5.74, 6) is 0.559. The zero-order valence-corrected chi connectivity index (χ0v) is 16.5. The summed E-state index contributed by atoms with van der Waals surface area (Å²) >= 11 is 3.02. The van der Waals surface area contributed by atoms with E-state index in [9.17, 15) is 9.59 Å². The van der Waals surface area contributed by atoms with Crippen LogP contribution in [0.2, 0.25) is 0 Å². The maximum atomic E-state index is 12.2. The second-order valence-corrected chi connectivity index (χ2v) is 8.35. The van der Waals surface area contributed by atoms with Crippen LogP contribution in [-0.4, -0.2) is 53.8 Å². The van der Waals surface area contributed by atoms with Gasteiger partial charge in [0.15, 0.2) is 4.34 Å². The number of morpholine rings is 1. The Morgan fingerprint density at radius 3 is 2.92 bits per heavy atom. The molecule has 0 bridgehead atoms. The van der Waals surface area contributed by atoms with E-state index < -0.39 is 0 Å². The predicted molar refractivity (Wildman–Crippen MR) is 106 cm³/mol. The SMILES string of the molecule is CCCCC(=O)Nc1ccc2nc(SCC(=O)N3CCOCC3)sc2c1. The van der Waals surface area contributed by atoms with Crippen LogP contribution in [0, 0.1) is 0 Å². The smallest absolute Gasteiger partial charge is 0.233 e. The van der Waals surface area contributed by atoms with Crippen molar-refractivity contribution in [3.05, 3.63) is 18.2 Å². The van der Waals surface area contributed by atoms with Gasteiger partial charge in [-0.05, 0) is 24.6 Å². The van der Waals surface area contributed by atoms with Gasteiger partial charge in [-0.2, -0.15) is 0 Å². The topological polar surface area (TPSA) is 71.5 Å². The van der Waals surface area contributed by atoms with Crippen molar-refractivity contribution in [2.24, 2.45) is 0 Å². The van der Waals surface area contributed by atoms with E-state index >= 15 is 0 Å². The summed E-state index contributed by atoms with van der Waals surface area (Å²) in [4.78, 5) is 30.5. The number of unbranched alkanes of at least 4 members (excludes halogenated alkanes) is 1. The second kappa shape index (κ2) is 9.34. The van der Waals surface area contributed by atoms with Crippen molar-refractivity contribution in [3.63, 3.8) is 0 Å². The number of thioether (sulfide) groups is 1. The molecule has 1 aliphatic heterocycles. The summed E-state index contributed by atoms with van der Waals surface area (Å²) < 4.78 is 7.16. The van der Waals surface area contributed by atoms with Crippen molar-refractivity contribution in [1.29, 1.82) is 0 Å². The lowest BCUT2D eigenvalue weighted by Crippen LogP contribution is -2.41. The Balaban J connectivity index is 1.58. The number of aromatic nitrogens is 1. The molecule has 1 saturated heterocycles. The van der Waals surface area contributed by atoms with E-state index in [1.54, 1.807) is 11.3 Å². The maximum absolute atomic E-state index is 12.2. The van der Waals surface area contributed by atoms with E-state index in [4.69, 9.17) is 4.74 Å². The molecule has 0 atom stereocenters. The number of carbonyl (C=O) groups excluding carboxylic acids is 2. The van der Waals surface area contributed by atoms with Crippen LogP contribution in [0.5, 0.6) is 0 Å². The molecule has 2 aromatic rings. The fourth-order valence-electron chi connectivity index (χ4n) is 2.63. The van der Waals surface area contributed by atoms with Gasteiger partial charge < -0.3 is 15.0 Å². The summed E-state index contributed by atoms with van der Waals surface area (Å²) in [5, 5.41) is 2.93. The lowest BCUT2D eigenvalue weighted by atomic mass is 10.2. The molecular formula is C18H23N3O3S2. The molecule has 6 nitrogen and oxygen atoms in total. The Labute approximate surface area is 161 Å². The lowest BCUT2D eigenvalue weighted by Gasteiger charge is -2.26. The minimum atomic E-state index is 0.0430. The Bertz CT molecular complexity index is 772. The fraction of sp³-hybridized carbons (Fsp3) is 0.500. The Morgan fingerprint density at radius 1 is 1.35 bits per heavy atom. The average molecular weight is 394 g/mol. The van der Waals surface area contributed by atoms with Crippen LogP contribution in [0.25, 0.3) is 10.2 Å². The van der Waals surface area contributed by atoms with Crippen LogP contribution in [0.15, 0.2) is 22.5 Å². The number of ether oxygens (including phenoxy) is 1. The van der Waals surface area contributed by atoms with E-state index in [-0.39, 0.29) is 11.8 Å². The van der Waals surface area contributed by atoms with Gasteiger partial charge in [-0.1, -0.05) is 25.1 Å². The number of thiazole rings is 1. The van der Waals surface area contributed by atoms with Gasteiger partial charge in [0.2, 0.25) is 11.8 Å². The Kier molecular flexibility index (Phi) is 6.87. The number of hydrogen-bond acceptors (Lipinski definition) is 6. The number of fused-ring (bicyclic) bond motifs is 1. The first kappa shape index (κ1) is 19.1. The molecule has 1 N–H and O–H groups in total. The number of rotatable bonds is 7. The highest BCUT2D eigenvalue weighted by atomic mass is 32.2. The van der Waals surface area contributed by atoms with Gasteiger partial charge in [-0.3, -0.25) is 9.59 Å². The van der Waals surface area contributed by atoms with E-state index in [0.717, 1.165) is 33.1 Å². The normalized spacial score (nSPS) is 14.6. The van der Waals surface area contributed by atoms with Crippen molar-refractivity contribution in [2.45, 2.75) is 30.5 Å². The molecule has 0 radical (unpaired) electrons. The number of nitrogens with zero attached hydrogens (tertiary/aromatic N) is 2. The molecule has 1 fully saturated rings. The lowest BCUT2D eigenvalue weighted by molar-refractivity contribution is -0.132. The summed E-state index contributed by atoms with van der Waals surface area (Å²) in [6.45, 7) is 4.63. The fourth-order valence-corrected chi connectivity index (χ4v) is 4.64. The molecular weight excluding hydrogens is 370 g/mol. The van der Waals surface area contributed by atoms with Gasteiger partial charge in [0.25, 0.3) is 0 Å². The molecule has 0 aliphatic carbocycles. The molecule has 2 amide bonds. The molecule has 3 rings (SSSR count). The van der Waals surface area contributed by atoms with E-state index in [2.05, 4.69) is 17.2 Å². The molecule has 0 unspecified atom stereocenters. The van der Waals surface area contributed by atoms with Crippen molar-refractivity contribution >= 4 is 50.8 Å². The molecule has 1 aromatic heterocycles. The number of anilines is 1. The van der Waals surface area contributed by atoms with Gasteiger partial charge in [0.1, 0.15) is 0 Å². The zero-order valence-electron chi connectivity index (χ0n) is 14.8. The molecule has 140 valence electrons. The van der Waals surface area contributed by atoms with E-state index in [1.807, 2.05) is 23.1 Å². The zero-order chi connectivity index (χ0) is 18.4. The number of benzene rings is 1. The van der Waals surface area contributed by atoms with Gasteiger partial charge in [0.05, 0.1) is 29.2 Å². The largest absolute Gasteiger partial charge is 0.378 e.